The van der Waals surface area contributed by atoms with Gasteiger partial charge >= 0.3 is 6.09 Å². The molecule has 0 heterocycles. The fraction of sp³-hybridized carbons (Fsp3) is 0.381. The maximum atomic E-state index is 12.5. The summed E-state index contributed by atoms with van der Waals surface area (Å²) in [6, 6.07) is 12.1. The highest BCUT2D eigenvalue weighted by Gasteiger charge is 2.28. The molecule has 0 saturated carbocycles. The summed E-state index contributed by atoms with van der Waals surface area (Å²) in [5.74, 6) is 0.229. The van der Waals surface area contributed by atoms with Crippen molar-refractivity contribution in [3.63, 3.8) is 0 Å². The monoisotopic (exact) mass is 421 g/mol. The topological polar surface area (TPSA) is 97.2 Å². The Morgan fingerprint density at radius 3 is 2.48 bits per heavy atom. The summed E-state index contributed by atoms with van der Waals surface area (Å²) in [7, 11) is 1.45. The predicted molar refractivity (Wildman–Crippen MR) is 113 cm³/mol. The summed E-state index contributed by atoms with van der Waals surface area (Å²) in [4.78, 5) is 13.6. The molecule has 0 aliphatic rings. The third-order valence-electron chi connectivity index (χ3n) is 4.23. The third kappa shape index (κ3) is 6.56. The average molecular weight is 422 g/mol. The van der Waals surface area contributed by atoms with Crippen LogP contribution in [-0.4, -0.2) is 49.0 Å². The van der Waals surface area contributed by atoms with Crippen LogP contribution in [0.15, 0.2) is 47.4 Å². The molecule has 158 valence electrons. The van der Waals surface area contributed by atoms with Gasteiger partial charge in [-0.25, -0.2) is 4.79 Å². The molecule has 0 fully saturated rings. The molecule has 0 spiro atoms. The molecule has 0 aliphatic carbocycles. The smallest absolute Gasteiger partial charge is 0.412 e. The summed E-state index contributed by atoms with van der Waals surface area (Å²) >= 11 is 1.61. The molecule has 2 aromatic rings. The van der Waals surface area contributed by atoms with Crippen LogP contribution < -0.4 is 10.1 Å². The lowest BCUT2D eigenvalue weighted by molar-refractivity contribution is -0.0484. The van der Waals surface area contributed by atoms with Crippen molar-refractivity contribution >= 4 is 23.5 Å². The first-order chi connectivity index (χ1) is 14.0. The molecule has 2 atom stereocenters. The van der Waals surface area contributed by atoms with E-state index < -0.39 is 18.3 Å². The van der Waals surface area contributed by atoms with Gasteiger partial charge in [-0.2, -0.15) is 0 Å². The zero-order valence-corrected chi connectivity index (χ0v) is 17.6. The van der Waals surface area contributed by atoms with Crippen LogP contribution >= 0.6 is 11.8 Å². The Labute approximate surface area is 175 Å². The van der Waals surface area contributed by atoms with Gasteiger partial charge in [-0.05, 0) is 55.1 Å². The lowest BCUT2D eigenvalue weighted by atomic mass is 10.0. The third-order valence-corrected chi connectivity index (χ3v) is 4.98. The quantitative estimate of drug-likeness (QED) is 0.495. The molecule has 0 radical (unpaired) electrons. The standard InChI is InChI=1S/C21H27NO6S/c1-4-27-19(11-12-23)20(14-5-10-18(26-2)17(24)13-14)28-21(25)22-15-6-8-16(29-3)9-7-15/h5-10,13,19-20,23-24H,4,11-12H2,1-3H3,(H,22,25)/t19-,20-/m1/s1. The highest BCUT2D eigenvalue weighted by atomic mass is 32.2. The number of ether oxygens (including phenoxy) is 3. The fourth-order valence-corrected chi connectivity index (χ4v) is 3.25. The molecular formula is C21H27NO6S. The number of nitrogens with one attached hydrogen (secondary N) is 1. The van der Waals surface area contributed by atoms with Crippen molar-refractivity contribution < 1.29 is 29.2 Å². The van der Waals surface area contributed by atoms with Gasteiger partial charge in [-0.1, -0.05) is 6.07 Å². The molecule has 0 unspecified atom stereocenters. The zero-order chi connectivity index (χ0) is 21.2. The second-order valence-electron chi connectivity index (χ2n) is 6.12. The van der Waals surface area contributed by atoms with Gasteiger partial charge < -0.3 is 24.4 Å². The van der Waals surface area contributed by atoms with Gasteiger partial charge in [0.15, 0.2) is 17.6 Å². The van der Waals surface area contributed by atoms with Gasteiger partial charge in [0.2, 0.25) is 0 Å². The number of aliphatic hydroxyl groups excluding tert-OH is 1. The first-order valence-electron chi connectivity index (χ1n) is 9.23. The van der Waals surface area contributed by atoms with Crippen molar-refractivity contribution in [2.45, 2.75) is 30.4 Å². The maximum Gasteiger partial charge on any atom is 0.412 e. The number of carbonyl (C=O) groups is 1. The van der Waals surface area contributed by atoms with Crippen LogP contribution in [0.2, 0.25) is 0 Å². The number of aliphatic hydroxyl groups is 1. The zero-order valence-electron chi connectivity index (χ0n) is 16.8. The van der Waals surface area contributed by atoms with E-state index in [0.717, 1.165) is 4.90 Å². The van der Waals surface area contributed by atoms with E-state index in [-0.39, 0.29) is 18.8 Å². The fourth-order valence-electron chi connectivity index (χ4n) is 2.84. The van der Waals surface area contributed by atoms with E-state index in [4.69, 9.17) is 14.2 Å². The van der Waals surface area contributed by atoms with Gasteiger partial charge in [-0.15, -0.1) is 11.8 Å². The number of phenols is 1. The Balaban J connectivity index is 2.23. The molecule has 0 aromatic heterocycles. The van der Waals surface area contributed by atoms with Crippen molar-refractivity contribution in [3.05, 3.63) is 48.0 Å². The van der Waals surface area contributed by atoms with E-state index >= 15 is 0 Å². The number of hydrogen-bond acceptors (Lipinski definition) is 7. The van der Waals surface area contributed by atoms with Gasteiger partial charge in [0, 0.05) is 30.2 Å². The molecule has 2 rings (SSSR count). The minimum Gasteiger partial charge on any atom is -0.504 e. The molecule has 0 bridgehead atoms. The lowest BCUT2D eigenvalue weighted by Crippen LogP contribution is -2.29. The number of phenolic OH excluding ortho intramolecular Hbond substituents is 1. The number of rotatable bonds is 10. The minimum absolute atomic E-state index is 0.0779. The SMILES string of the molecule is CCO[C@H](CCO)[C@H](OC(=O)Nc1ccc(SC)cc1)c1ccc(OC)c(O)c1. The first-order valence-corrected chi connectivity index (χ1v) is 10.5. The number of hydrogen-bond donors (Lipinski definition) is 3. The highest BCUT2D eigenvalue weighted by molar-refractivity contribution is 7.98. The largest absolute Gasteiger partial charge is 0.504 e. The van der Waals surface area contributed by atoms with E-state index in [1.807, 2.05) is 25.3 Å². The van der Waals surface area contributed by atoms with E-state index in [1.165, 1.54) is 13.2 Å². The second kappa shape index (κ2) is 11.5. The van der Waals surface area contributed by atoms with Gasteiger partial charge in [-0.3, -0.25) is 5.32 Å². The van der Waals surface area contributed by atoms with Crippen molar-refractivity contribution in [1.82, 2.24) is 0 Å². The number of carbonyl (C=O) groups excluding carboxylic acids is 1. The Morgan fingerprint density at radius 2 is 1.93 bits per heavy atom. The molecule has 8 heteroatoms. The molecule has 29 heavy (non-hydrogen) atoms. The molecule has 3 N–H and O–H groups in total. The molecule has 0 saturated heterocycles. The Kier molecular flexibility index (Phi) is 9.11. The minimum atomic E-state index is -0.829. The van der Waals surface area contributed by atoms with Crippen molar-refractivity contribution in [2.24, 2.45) is 0 Å². The Morgan fingerprint density at radius 1 is 1.21 bits per heavy atom. The maximum absolute atomic E-state index is 12.5. The van der Waals surface area contributed by atoms with Gasteiger partial charge in [0.05, 0.1) is 7.11 Å². The number of anilines is 1. The predicted octanol–water partition coefficient (Wildman–Crippen LogP) is 4.20. The van der Waals surface area contributed by atoms with E-state index in [9.17, 15) is 15.0 Å². The molecule has 0 aliphatic heterocycles. The normalized spacial score (nSPS) is 12.8. The van der Waals surface area contributed by atoms with Crippen LogP contribution in [-0.2, 0) is 9.47 Å². The van der Waals surface area contributed by atoms with Gasteiger partial charge in [0.25, 0.3) is 0 Å². The van der Waals surface area contributed by atoms with Crippen LogP contribution in [0, 0.1) is 0 Å². The average Bonchev–Trinajstić information content (AvgIpc) is 2.72. The summed E-state index contributed by atoms with van der Waals surface area (Å²) < 4.78 is 16.4. The van der Waals surface area contributed by atoms with Crippen molar-refractivity contribution in [2.75, 3.05) is 31.9 Å². The second-order valence-corrected chi connectivity index (χ2v) is 7.00. The summed E-state index contributed by atoms with van der Waals surface area (Å²) in [6.07, 6.45) is 0.165. The van der Waals surface area contributed by atoms with Crippen LogP contribution in [0.3, 0.4) is 0 Å². The number of aromatic hydroxyl groups is 1. The van der Waals surface area contributed by atoms with E-state index in [0.29, 0.717) is 23.6 Å². The Bertz CT molecular complexity index is 777. The van der Waals surface area contributed by atoms with Gasteiger partial charge in [0.1, 0.15) is 6.10 Å². The summed E-state index contributed by atoms with van der Waals surface area (Å²) in [6.45, 7) is 2.06. The first kappa shape index (κ1) is 22.9. The highest BCUT2D eigenvalue weighted by Crippen LogP contribution is 2.33. The Hall–Kier alpha value is -2.42. The lowest BCUT2D eigenvalue weighted by Gasteiger charge is -2.27. The summed E-state index contributed by atoms with van der Waals surface area (Å²) in [5.41, 5.74) is 1.13. The van der Waals surface area contributed by atoms with Crippen LogP contribution in [0.1, 0.15) is 25.0 Å². The van der Waals surface area contributed by atoms with Crippen molar-refractivity contribution in [1.29, 1.82) is 0 Å². The molecule has 1 amide bonds. The molecule has 2 aromatic carbocycles. The van der Waals surface area contributed by atoms with Crippen LogP contribution in [0.5, 0.6) is 11.5 Å². The van der Waals surface area contributed by atoms with Crippen LogP contribution in [0.25, 0.3) is 0 Å². The van der Waals surface area contributed by atoms with Crippen molar-refractivity contribution in [3.8, 4) is 11.5 Å². The molecule has 7 nitrogen and oxygen atoms in total. The number of thioether (sulfide) groups is 1. The van der Waals surface area contributed by atoms with E-state index in [1.54, 1.807) is 36.0 Å². The number of amides is 1. The number of methoxy groups -OCH3 is 1. The molecular weight excluding hydrogens is 394 g/mol. The number of benzene rings is 2. The van der Waals surface area contributed by atoms with E-state index in [2.05, 4.69) is 5.32 Å². The summed E-state index contributed by atoms with van der Waals surface area (Å²) in [5, 5.41) is 22.2. The van der Waals surface area contributed by atoms with Crippen LogP contribution in [0.4, 0.5) is 10.5 Å².